The van der Waals surface area contributed by atoms with Crippen LogP contribution in [-0.4, -0.2) is 58.3 Å². The van der Waals surface area contributed by atoms with Gasteiger partial charge >= 0.3 is 11.9 Å². The Morgan fingerprint density at radius 2 is 1.79 bits per heavy atom. The molecule has 6 N–H and O–H groups in total. The van der Waals surface area contributed by atoms with Crippen LogP contribution in [0.2, 0.25) is 0 Å². The molecule has 0 aliphatic rings. The molecule has 10 heteroatoms. The fourth-order valence-electron chi connectivity index (χ4n) is 2.12. The van der Waals surface area contributed by atoms with Crippen LogP contribution < -0.4 is 16.4 Å². The quantitative estimate of drug-likeness (QED) is 0.324. The van der Waals surface area contributed by atoms with Crippen LogP contribution in [0, 0.1) is 6.92 Å². The highest BCUT2D eigenvalue weighted by molar-refractivity contribution is 7.98. The molecule has 0 fully saturated rings. The second-order valence-electron chi connectivity index (χ2n) is 6.22. The molecule has 28 heavy (non-hydrogen) atoms. The van der Waals surface area contributed by atoms with E-state index in [2.05, 4.69) is 10.6 Å². The summed E-state index contributed by atoms with van der Waals surface area (Å²) in [5.41, 5.74) is 7.55. The first-order chi connectivity index (χ1) is 13.2. The maximum Gasteiger partial charge on any atom is 0.322 e. The summed E-state index contributed by atoms with van der Waals surface area (Å²) in [6.07, 6.45) is -0.222. The van der Waals surface area contributed by atoms with Crippen molar-refractivity contribution in [3.63, 3.8) is 0 Å². The summed E-state index contributed by atoms with van der Waals surface area (Å²) >= 11 is 1.41. The number of nitrogens with two attached hydrogens (primary N) is 1. The van der Waals surface area contributed by atoms with E-state index in [-0.39, 0.29) is 18.6 Å². The van der Waals surface area contributed by atoms with Crippen LogP contribution in [0.5, 0.6) is 0 Å². The number of carbonyl (C=O) groups is 4. The molecular formula is C18H25N3O6S. The molecule has 1 aromatic rings. The van der Waals surface area contributed by atoms with E-state index in [4.69, 9.17) is 15.9 Å². The third-order valence-electron chi connectivity index (χ3n) is 3.74. The third kappa shape index (κ3) is 9.38. The maximum atomic E-state index is 12.2. The molecule has 0 saturated heterocycles. The summed E-state index contributed by atoms with van der Waals surface area (Å²) < 4.78 is 0. The lowest BCUT2D eigenvalue weighted by molar-refractivity contribution is -0.139. The van der Waals surface area contributed by atoms with E-state index in [1.54, 1.807) is 0 Å². The van der Waals surface area contributed by atoms with Crippen LogP contribution in [0.25, 0.3) is 0 Å². The summed E-state index contributed by atoms with van der Waals surface area (Å²) in [7, 11) is 0. The zero-order valence-corrected chi connectivity index (χ0v) is 16.3. The van der Waals surface area contributed by atoms with E-state index in [1.807, 2.05) is 31.2 Å². The van der Waals surface area contributed by atoms with E-state index in [9.17, 15) is 19.2 Å². The Morgan fingerprint density at radius 3 is 2.36 bits per heavy atom. The number of aryl methyl sites for hydroxylation is 1. The van der Waals surface area contributed by atoms with E-state index in [1.165, 1.54) is 11.8 Å². The van der Waals surface area contributed by atoms with Crippen molar-refractivity contribution >= 4 is 35.5 Å². The molecule has 0 heterocycles. The Bertz CT molecular complexity index is 695. The molecule has 154 valence electrons. The minimum absolute atomic E-state index is 0.0683. The average molecular weight is 411 g/mol. The Kier molecular flexibility index (Phi) is 10.0. The molecule has 0 bridgehead atoms. The number of rotatable bonds is 12. The summed E-state index contributed by atoms with van der Waals surface area (Å²) in [5.74, 6) is -2.70. The van der Waals surface area contributed by atoms with E-state index >= 15 is 0 Å². The fourth-order valence-corrected chi connectivity index (χ4v) is 3.14. The normalized spacial score (nSPS) is 12.6. The molecule has 0 saturated carbocycles. The van der Waals surface area contributed by atoms with E-state index in [0.29, 0.717) is 5.75 Å². The molecule has 0 aliphatic carbocycles. The Labute approximate surface area is 167 Å². The average Bonchev–Trinajstić information content (AvgIpc) is 2.64. The van der Waals surface area contributed by atoms with Gasteiger partial charge in [-0.1, -0.05) is 29.8 Å². The maximum absolute atomic E-state index is 12.2. The van der Waals surface area contributed by atoms with Gasteiger partial charge in [0.15, 0.2) is 0 Å². The number of nitrogens with one attached hydrogen (secondary N) is 2. The second kappa shape index (κ2) is 12.0. The van der Waals surface area contributed by atoms with Crippen molar-refractivity contribution in [3.8, 4) is 0 Å². The lowest BCUT2D eigenvalue weighted by Gasteiger charge is -2.18. The van der Waals surface area contributed by atoms with Gasteiger partial charge in [0.1, 0.15) is 18.6 Å². The van der Waals surface area contributed by atoms with Gasteiger partial charge in [-0.2, -0.15) is 11.8 Å². The predicted octanol–water partition coefficient (Wildman–Crippen LogP) is 0.106. The summed E-state index contributed by atoms with van der Waals surface area (Å²) in [4.78, 5) is 45.6. The van der Waals surface area contributed by atoms with E-state index < -0.39 is 42.4 Å². The number of carboxylic acids is 2. The summed E-state index contributed by atoms with van der Waals surface area (Å²) in [5, 5.41) is 22.2. The smallest absolute Gasteiger partial charge is 0.322 e. The monoisotopic (exact) mass is 411 g/mol. The lowest BCUT2D eigenvalue weighted by atomic mass is 10.1. The predicted molar refractivity (Wildman–Crippen MR) is 105 cm³/mol. The Hall–Kier alpha value is -2.59. The number of carbonyl (C=O) groups excluding carboxylic acids is 2. The molecule has 0 spiro atoms. The van der Waals surface area contributed by atoms with Crippen molar-refractivity contribution in [2.24, 2.45) is 5.73 Å². The van der Waals surface area contributed by atoms with Gasteiger partial charge in [-0.15, -0.1) is 0 Å². The third-order valence-corrected chi connectivity index (χ3v) is 4.85. The Balaban J connectivity index is 2.60. The largest absolute Gasteiger partial charge is 0.480 e. The molecule has 0 radical (unpaired) electrons. The number of thioether (sulfide) groups is 1. The van der Waals surface area contributed by atoms with Crippen LogP contribution in [0.3, 0.4) is 0 Å². The highest BCUT2D eigenvalue weighted by Gasteiger charge is 2.22. The number of amides is 2. The zero-order chi connectivity index (χ0) is 21.1. The van der Waals surface area contributed by atoms with Crippen LogP contribution in [-0.2, 0) is 24.9 Å². The number of carboxylic acid groups (broad SMARTS) is 2. The van der Waals surface area contributed by atoms with Gasteiger partial charge in [0.05, 0.1) is 0 Å². The number of hydrogen-bond donors (Lipinski definition) is 5. The van der Waals surface area contributed by atoms with Gasteiger partial charge in [-0.3, -0.25) is 19.2 Å². The van der Waals surface area contributed by atoms with Crippen LogP contribution in [0.1, 0.15) is 24.0 Å². The van der Waals surface area contributed by atoms with Crippen LogP contribution in [0.4, 0.5) is 0 Å². The number of hydrogen-bond acceptors (Lipinski definition) is 6. The van der Waals surface area contributed by atoms with Crippen molar-refractivity contribution in [1.82, 2.24) is 10.6 Å². The first kappa shape index (κ1) is 23.4. The molecule has 1 unspecified atom stereocenters. The molecule has 1 rings (SSSR count). The van der Waals surface area contributed by atoms with Gasteiger partial charge < -0.3 is 26.6 Å². The molecule has 2 atom stereocenters. The van der Waals surface area contributed by atoms with Gasteiger partial charge in [-0.05, 0) is 18.9 Å². The number of aliphatic carboxylic acids is 2. The van der Waals surface area contributed by atoms with Crippen molar-refractivity contribution in [3.05, 3.63) is 35.4 Å². The number of benzene rings is 1. The van der Waals surface area contributed by atoms with Gasteiger partial charge in [0, 0.05) is 17.9 Å². The van der Waals surface area contributed by atoms with Gasteiger partial charge in [-0.25, -0.2) is 0 Å². The molecular weight excluding hydrogens is 386 g/mol. The van der Waals surface area contributed by atoms with Gasteiger partial charge in [0.2, 0.25) is 11.8 Å². The van der Waals surface area contributed by atoms with Crippen LogP contribution in [0.15, 0.2) is 24.3 Å². The van der Waals surface area contributed by atoms with Gasteiger partial charge in [0.25, 0.3) is 0 Å². The second-order valence-corrected chi connectivity index (χ2v) is 7.25. The molecule has 9 nitrogen and oxygen atoms in total. The highest BCUT2D eigenvalue weighted by Crippen LogP contribution is 2.14. The first-order valence-corrected chi connectivity index (χ1v) is 9.75. The van der Waals surface area contributed by atoms with E-state index in [0.717, 1.165) is 11.1 Å². The van der Waals surface area contributed by atoms with Crippen LogP contribution >= 0.6 is 11.8 Å². The van der Waals surface area contributed by atoms with Crippen molar-refractivity contribution in [1.29, 1.82) is 0 Å². The standard InChI is InChI=1S/C18H25N3O6S/c1-11-2-4-12(5-3-11)9-28-10-14(17(25)20-8-16(23)24)21-15(22)7-6-13(19)18(26)27/h2-5,13-14H,6-10,19H2,1H3,(H,20,25)(H,21,22)(H,23,24)(H,26,27)/t13-,14?/m0/s1. The Morgan fingerprint density at radius 1 is 1.14 bits per heavy atom. The minimum Gasteiger partial charge on any atom is -0.480 e. The SMILES string of the molecule is Cc1ccc(CSCC(NC(=O)CC[C@H](N)C(=O)O)C(=O)NCC(=O)O)cc1. The molecule has 2 amide bonds. The summed E-state index contributed by atoms with van der Waals surface area (Å²) in [6, 6.07) is 5.77. The molecule has 0 aromatic heterocycles. The summed E-state index contributed by atoms with van der Waals surface area (Å²) in [6.45, 7) is 1.42. The molecule has 0 aliphatic heterocycles. The lowest BCUT2D eigenvalue weighted by Crippen LogP contribution is -2.49. The highest BCUT2D eigenvalue weighted by atomic mass is 32.2. The zero-order valence-electron chi connectivity index (χ0n) is 15.5. The van der Waals surface area contributed by atoms with Crippen molar-refractivity contribution in [2.75, 3.05) is 12.3 Å². The topological polar surface area (TPSA) is 159 Å². The van der Waals surface area contributed by atoms with Crippen molar-refractivity contribution in [2.45, 2.75) is 37.6 Å². The fraction of sp³-hybridized carbons (Fsp3) is 0.444. The van der Waals surface area contributed by atoms with Crippen molar-refractivity contribution < 1.29 is 29.4 Å². The molecule has 1 aromatic carbocycles. The minimum atomic E-state index is -1.21. The first-order valence-electron chi connectivity index (χ1n) is 8.59.